The number of halogens is 1. The van der Waals surface area contributed by atoms with Crippen LogP contribution in [0.1, 0.15) is 31.9 Å². The van der Waals surface area contributed by atoms with E-state index >= 15 is 0 Å². The maximum absolute atomic E-state index is 12.9. The van der Waals surface area contributed by atoms with Gasteiger partial charge in [-0.3, -0.25) is 9.36 Å². The number of nitrogens with zero attached hydrogens (tertiary/aromatic N) is 1. The molecule has 0 saturated carbocycles. The molecular formula is C26H27ClN2O4S2. The molecule has 1 N–H and O–H groups in total. The van der Waals surface area contributed by atoms with Gasteiger partial charge in [0, 0.05) is 11.6 Å². The van der Waals surface area contributed by atoms with Crippen molar-refractivity contribution >= 4 is 43.2 Å². The van der Waals surface area contributed by atoms with Gasteiger partial charge in [-0.15, -0.1) is 0 Å². The van der Waals surface area contributed by atoms with Gasteiger partial charge in [-0.2, -0.15) is 0 Å². The molecule has 0 bridgehead atoms. The van der Waals surface area contributed by atoms with Crippen LogP contribution in [-0.4, -0.2) is 26.1 Å². The van der Waals surface area contributed by atoms with Crippen LogP contribution in [0, 0.1) is 0 Å². The van der Waals surface area contributed by atoms with Crippen LogP contribution in [0.3, 0.4) is 0 Å². The third kappa shape index (κ3) is 5.78. The van der Waals surface area contributed by atoms with E-state index in [0.29, 0.717) is 21.8 Å². The Morgan fingerprint density at radius 1 is 1.03 bits per heavy atom. The molecule has 3 aromatic carbocycles. The van der Waals surface area contributed by atoms with Gasteiger partial charge < -0.3 is 4.74 Å². The van der Waals surface area contributed by atoms with Gasteiger partial charge in [0.05, 0.1) is 21.7 Å². The van der Waals surface area contributed by atoms with Crippen molar-refractivity contribution in [3.8, 4) is 5.75 Å². The fourth-order valence-electron chi connectivity index (χ4n) is 3.79. The molecule has 6 nitrogen and oxygen atoms in total. The Morgan fingerprint density at radius 3 is 2.49 bits per heavy atom. The van der Waals surface area contributed by atoms with Crippen molar-refractivity contribution in [3.63, 3.8) is 0 Å². The number of fused-ring (bicyclic) bond motifs is 1. The molecule has 0 aliphatic carbocycles. The zero-order valence-corrected chi connectivity index (χ0v) is 22.1. The van der Waals surface area contributed by atoms with E-state index in [4.69, 9.17) is 16.3 Å². The minimum absolute atomic E-state index is 0.0880. The molecule has 4 aromatic rings. The lowest BCUT2D eigenvalue weighted by molar-refractivity contribution is 0.314. The number of nitrogens with one attached hydrogen (secondary N) is 1. The maximum Gasteiger partial charge on any atom is 0.308 e. The molecule has 0 fully saturated rings. The number of ether oxygens (including phenoxy) is 1. The van der Waals surface area contributed by atoms with Gasteiger partial charge in [0.1, 0.15) is 12.4 Å². The van der Waals surface area contributed by atoms with E-state index in [1.807, 2.05) is 42.5 Å². The standard InChI is InChI=1S/C26H27ClN2O4S2/c1-26(2,3)20-9-5-7-11-23(20)33-15-14-28-35(31,32)19-12-13-22-24(16-19)34-25(30)29(22)17-18-8-4-6-10-21(18)27/h4-13,16,28H,14-15,17H2,1-3H3. The van der Waals surface area contributed by atoms with Crippen LogP contribution in [0.4, 0.5) is 0 Å². The minimum Gasteiger partial charge on any atom is -0.492 e. The molecule has 9 heteroatoms. The third-order valence-electron chi connectivity index (χ3n) is 5.58. The number of aromatic nitrogens is 1. The summed E-state index contributed by atoms with van der Waals surface area (Å²) in [6, 6.07) is 19.8. The molecule has 184 valence electrons. The van der Waals surface area contributed by atoms with Gasteiger partial charge in [0.25, 0.3) is 0 Å². The number of hydrogen-bond donors (Lipinski definition) is 1. The van der Waals surface area contributed by atoms with E-state index in [2.05, 4.69) is 25.5 Å². The highest BCUT2D eigenvalue weighted by atomic mass is 35.5. The molecule has 0 amide bonds. The monoisotopic (exact) mass is 530 g/mol. The fraction of sp³-hybridized carbons (Fsp3) is 0.269. The molecule has 1 aromatic heterocycles. The number of rotatable bonds is 8. The summed E-state index contributed by atoms with van der Waals surface area (Å²) in [6.07, 6.45) is 0. The summed E-state index contributed by atoms with van der Waals surface area (Å²) in [7, 11) is -3.77. The summed E-state index contributed by atoms with van der Waals surface area (Å²) in [6.45, 7) is 6.92. The predicted molar refractivity (Wildman–Crippen MR) is 142 cm³/mol. The minimum atomic E-state index is -3.77. The SMILES string of the molecule is CC(C)(C)c1ccccc1OCCNS(=O)(=O)c1ccc2c(c1)sc(=O)n2Cc1ccccc1Cl. The highest BCUT2D eigenvalue weighted by Gasteiger charge is 2.19. The van der Waals surface area contributed by atoms with Crippen LogP contribution >= 0.6 is 22.9 Å². The molecular weight excluding hydrogens is 504 g/mol. The van der Waals surface area contributed by atoms with Gasteiger partial charge in [-0.05, 0) is 46.9 Å². The van der Waals surface area contributed by atoms with Gasteiger partial charge in [-0.1, -0.05) is 80.1 Å². The zero-order chi connectivity index (χ0) is 25.2. The third-order valence-corrected chi connectivity index (χ3v) is 8.35. The first kappa shape index (κ1) is 25.4. The number of thiazole rings is 1. The van der Waals surface area contributed by atoms with Crippen LogP contribution in [0.5, 0.6) is 5.75 Å². The van der Waals surface area contributed by atoms with Crippen LogP contribution in [0.2, 0.25) is 5.02 Å². The van der Waals surface area contributed by atoms with Crippen molar-refractivity contribution in [3.05, 3.63) is 92.5 Å². The quantitative estimate of drug-likeness (QED) is 0.309. The van der Waals surface area contributed by atoms with E-state index in [0.717, 1.165) is 28.2 Å². The number of sulfonamides is 1. The first-order valence-corrected chi connectivity index (χ1v) is 13.8. The summed E-state index contributed by atoms with van der Waals surface area (Å²) >= 11 is 7.26. The summed E-state index contributed by atoms with van der Waals surface area (Å²) in [5.74, 6) is 0.741. The average molecular weight is 531 g/mol. The van der Waals surface area contributed by atoms with Gasteiger partial charge in [0.2, 0.25) is 10.0 Å². The molecule has 0 radical (unpaired) electrons. The van der Waals surface area contributed by atoms with Crippen molar-refractivity contribution < 1.29 is 13.2 Å². The highest BCUT2D eigenvalue weighted by Crippen LogP contribution is 2.31. The molecule has 1 heterocycles. The first-order valence-electron chi connectivity index (χ1n) is 11.1. The lowest BCUT2D eigenvalue weighted by Gasteiger charge is -2.22. The molecule has 0 spiro atoms. The predicted octanol–water partition coefficient (Wildman–Crippen LogP) is 5.42. The van der Waals surface area contributed by atoms with Crippen LogP contribution in [0.25, 0.3) is 10.2 Å². The molecule has 0 aliphatic heterocycles. The van der Waals surface area contributed by atoms with Crippen molar-refractivity contribution in [1.82, 2.24) is 9.29 Å². The molecule has 0 unspecified atom stereocenters. The number of hydrogen-bond acceptors (Lipinski definition) is 5. The largest absolute Gasteiger partial charge is 0.492 e. The van der Waals surface area contributed by atoms with Gasteiger partial charge in [-0.25, -0.2) is 13.1 Å². The Kier molecular flexibility index (Phi) is 7.38. The Balaban J connectivity index is 1.47. The van der Waals surface area contributed by atoms with Gasteiger partial charge in [0.15, 0.2) is 0 Å². The first-order chi connectivity index (χ1) is 16.6. The van der Waals surface area contributed by atoms with E-state index in [1.165, 1.54) is 12.1 Å². The van der Waals surface area contributed by atoms with Crippen molar-refractivity contribution in [2.24, 2.45) is 0 Å². The summed E-state index contributed by atoms with van der Waals surface area (Å²) in [4.78, 5) is 12.5. The van der Waals surface area contributed by atoms with E-state index < -0.39 is 10.0 Å². The Morgan fingerprint density at radius 2 is 1.74 bits per heavy atom. The molecule has 0 aliphatic rings. The van der Waals surface area contributed by atoms with Gasteiger partial charge >= 0.3 is 4.87 Å². The lowest BCUT2D eigenvalue weighted by atomic mass is 9.86. The number of benzene rings is 3. The topological polar surface area (TPSA) is 77.4 Å². The second kappa shape index (κ2) is 10.1. The van der Waals surface area contributed by atoms with Crippen LogP contribution in [0.15, 0.2) is 76.4 Å². The second-order valence-electron chi connectivity index (χ2n) is 9.17. The molecule has 0 atom stereocenters. The Hall–Kier alpha value is -2.65. The number of para-hydroxylation sites is 1. The highest BCUT2D eigenvalue weighted by molar-refractivity contribution is 7.89. The normalized spacial score (nSPS) is 12.2. The fourth-order valence-corrected chi connectivity index (χ4v) is 6.03. The van der Waals surface area contributed by atoms with E-state index in [9.17, 15) is 13.2 Å². The molecule has 4 rings (SSSR count). The average Bonchev–Trinajstić information content (AvgIpc) is 3.12. The summed E-state index contributed by atoms with van der Waals surface area (Å²) in [5, 5.41) is 0.578. The smallest absolute Gasteiger partial charge is 0.308 e. The van der Waals surface area contributed by atoms with Crippen LogP contribution < -0.4 is 14.3 Å². The zero-order valence-electron chi connectivity index (χ0n) is 19.7. The summed E-state index contributed by atoms with van der Waals surface area (Å²) < 4.78 is 36.4. The van der Waals surface area contributed by atoms with Crippen molar-refractivity contribution in [2.45, 2.75) is 37.6 Å². The molecule has 35 heavy (non-hydrogen) atoms. The van der Waals surface area contributed by atoms with E-state index in [1.54, 1.807) is 16.7 Å². The van der Waals surface area contributed by atoms with E-state index in [-0.39, 0.29) is 28.3 Å². The Labute approximate surface area is 214 Å². The van der Waals surface area contributed by atoms with Crippen molar-refractivity contribution in [2.75, 3.05) is 13.2 Å². The molecule has 0 saturated heterocycles. The Bertz CT molecular complexity index is 1520. The maximum atomic E-state index is 12.9. The van der Waals surface area contributed by atoms with Crippen LogP contribution in [-0.2, 0) is 22.0 Å². The lowest BCUT2D eigenvalue weighted by Crippen LogP contribution is -2.28. The second-order valence-corrected chi connectivity index (χ2v) is 12.3. The summed E-state index contributed by atoms with van der Waals surface area (Å²) in [5.41, 5.74) is 2.46. The van der Waals surface area contributed by atoms with Crippen molar-refractivity contribution in [1.29, 1.82) is 0 Å².